The second-order valence-electron chi connectivity index (χ2n) is 8.05. The summed E-state index contributed by atoms with van der Waals surface area (Å²) in [7, 11) is 0. The van der Waals surface area contributed by atoms with Gasteiger partial charge in [-0.15, -0.1) is 0 Å². The van der Waals surface area contributed by atoms with Gasteiger partial charge in [0, 0.05) is 24.7 Å². The minimum absolute atomic E-state index is 0.0534. The van der Waals surface area contributed by atoms with Crippen LogP contribution in [0.15, 0.2) is 6.07 Å². The van der Waals surface area contributed by atoms with E-state index in [2.05, 4.69) is 19.9 Å². The van der Waals surface area contributed by atoms with Gasteiger partial charge >= 0.3 is 6.18 Å². The van der Waals surface area contributed by atoms with Gasteiger partial charge in [0.2, 0.25) is 0 Å². The van der Waals surface area contributed by atoms with Crippen LogP contribution in [0.25, 0.3) is 11.2 Å². The van der Waals surface area contributed by atoms with E-state index in [1.165, 1.54) is 0 Å². The molecule has 1 amide bonds. The average Bonchev–Trinajstić information content (AvgIpc) is 2.82. The number of alkyl halides is 3. The number of carbonyl (C=O) groups is 1. The van der Waals surface area contributed by atoms with Crippen LogP contribution in [-0.4, -0.2) is 32.7 Å². The van der Waals surface area contributed by atoms with Crippen molar-refractivity contribution < 1.29 is 18.0 Å². The largest absolute Gasteiger partial charge is 0.391 e. The van der Waals surface area contributed by atoms with E-state index in [1.54, 1.807) is 6.07 Å². The van der Waals surface area contributed by atoms with Crippen molar-refractivity contribution in [3.05, 3.63) is 23.1 Å². The number of pyridine rings is 1. The highest BCUT2D eigenvalue weighted by atomic mass is 19.4. The lowest BCUT2D eigenvalue weighted by Gasteiger charge is -2.31. The number of hydrogen-bond donors (Lipinski definition) is 1. The molecule has 2 aromatic rings. The van der Waals surface area contributed by atoms with Crippen LogP contribution in [0.2, 0.25) is 0 Å². The van der Waals surface area contributed by atoms with Crippen molar-refractivity contribution in [2.24, 2.45) is 5.92 Å². The molecule has 0 saturated heterocycles. The fourth-order valence-corrected chi connectivity index (χ4v) is 4.47. The number of hydrogen-bond acceptors (Lipinski definition) is 3. The van der Waals surface area contributed by atoms with Crippen molar-refractivity contribution in [1.29, 1.82) is 0 Å². The molecule has 3 heterocycles. The lowest BCUT2D eigenvalue weighted by atomic mass is 9.85. The van der Waals surface area contributed by atoms with E-state index in [1.807, 2.05) is 6.92 Å². The molecule has 1 fully saturated rings. The van der Waals surface area contributed by atoms with Crippen LogP contribution < -0.4 is 5.32 Å². The molecule has 152 valence electrons. The first-order valence-electron chi connectivity index (χ1n) is 10.1. The van der Waals surface area contributed by atoms with Gasteiger partial charge in [0.25, 0.3) is 5.91 Å². The number of halogens is 3. The number of nitrogens with one attached hydrogen (secondary N) is 1. The summed E-state index contributed by atoms with van der Waals surface area (Å²) in [5.41, 5.74) is 2.39. The molecule has 5 nitrogen and oxygen atoms in total. The Balaban J connectivity index is 1.61. The third-order valence-corrected chi connectivity index (χ3v) is 5.91. The van der Waals surface area contributed by atoms with Crippen molar-refractivity contribution >= 4 is 17.1 Å². The standard InChI is InChI=1S/C20H25F3N4O/c1-12-10-15(17-18(24-12)27-9-4-2-3-8-16(27)26-17)19(28)25-14-7-5-6-13(11-14)20(21,22)23/h10,13-14H,2-9,11H2,1H3,(H,25,28). The Morgan fingerprint density at radius 2 is 2.00 bits per heavy atom. The third kappa shape index (κ3) is 3.73. The molecule has 28 heavy (non-hydrogen) atoms. The molecular formula is C20H25F3N4O. The normalized spacial score (nSPS) is 23.3. The summed E-state index contributed by atoms with van der Waals surface area (Å²) < 4.78 is 41.3. The highest BCUT2D eigenvalue weighted by Gasteiger charge is 2.42. The van der Waals surface area contributed by atoms with Crippen molar-refractivity contribution in [3.8, 4) is 0 Å². The molecule has 0 bridgehead atoms. The second-order valence-corrected chi connectivity index (χ2v) is 8.05. The molecule has 2 atom stereocenters. The van der Waals surface area contributed by atoms with Gasteiger partial charge in [0.15, 0.2) is 5.65 Å². The van der Waals surface area contributed by atoms with Crippen molar-refractivity contribution in [2.75, 3.05) is 0 Å². The van der Waals surface area contributed by atoms with E-state index in [9.17, 15) is 18.0 Å². The zero-order chi connectivity index (χ0) is 19.9. The predicted molar refractivity (Wildman–Crippen MR) is 99.1 cm³/mol. The first-order valence-corrected chi connectivity index (χ1v) is 10.1. The molecule has 0 radical (unpaired) electrons. The fourth-order valence-electron chi connectivity index (χ4n) is 4.47. The van der Waals surface area contributed by atoms with Crippen LogP contribution >= 0.6 is 0 Å². The minimum Gasteiger partial charge on any atom is -0.349 e. The van der Waals surface area contributed by atoms with Crippen LogP contribution in [0, 0.1) is 12.8 Å². The summed E-state index contributed by atoms with van der Waals surface area (Å²) >= 11 is 0. The first-order chi connectivity index (χ1) is 13.3. The summed E-state index contributed by atoms with van der Waals surface area (Å²) in [6.45, 7) is 2.66. The number of amides is 1. The van der Waals surface area contributed by atoms with E-state index < -0.39 is 18.1 Å². The number of aromatic nitrogens is 3. The smallest absolute Gasteiger partial charge is 0.349 e. The Morgan fingerprint density at radius 1 is 1.18 bits per heavy atom. The fraction of sp³-hybridized carbons (Fsp3) is 0.650. The molecule has 0 aromatic carbocycles. The Bertz CT molecular complexity index is 890. The van der Waals surface area contributed by atoms with Crippen LogP contribution in [-0.2, 0) is 13.0 Å². The van der Waals surface area contributed by atoms with Crippen molar-refractivity contribution in [3.63, 3.8) is 0 Å². The Kier molecular flexibility index (Phi) is 5.05. The number of aryl methyl sites for hydroxylation is 3. The van der Waals surface area contributed by atoms with Gasteiger partial charge < -0.3 is 9.88 Å². The summed E-state index contributed by atoms with van der Waals surface area (Å²) in [5, 5.41) is 2.83. The third-order valence-electron chi connectivity index (χ3n) is 5.91. The number of rotatable bonds is 2. The Morgan fingerprint density at radius 3 is 2.79 bits per heavy atom. The van der Waals surface area contributed by atoms with Crippen molar-refractivity contribution in [2.45, 2.75) is 77.1 Å². The molecule has 1 saturated carbocycles. The van der Waals surface area contributed by atoms with Gasteiger partial charge in [-0.05, 0) is 45.1 Å². The highest BCUT2D eigenvalue weighted by molar-refractivity contribution is 6.04. The zero-order valence-electron chi connectivity index (χ0n) is 16.0. The van der Waals surface area contributed by atoms with Crippen LogP contribution in [0.3, 0.4) is 0 Å². The zero-order valence-corrected chi connectivity index (χ0v) is 16.0. The quantitative estimate of drug-likeness (QED) is 0.825. The van der Waals surface area contributed by atoms with Gasteiger partial charge in [-0.1, -0.05) is 12.8 Å². The Labute approximate surface area is 161 Å². The maximum atomic E-state index is 13.1. The number of carbonyl (C=O) groups excluding carboxylic acids is 1. The molecule has 8 heteroatoms. The monoisotopic (exact) mass is 394 g/mol. The number of imidazole rings is 1. The number of nitrogens with zero attached hydrogens (tertiary/aromatic N) is 3. The van der Waals surface area contributed by atoms with E-state index >= 15 is 0 Å². The summed E-state index contributed by atoms with van der Waals surface area (Å²) in [5.74, 6) is -0.750. The van der Waals surface area contributed by atoms with Crippen LogP contribution in [0.1, 0.15) is 66.8 Å². The predicted octanol–water partition coefficient (Wildman–Crippen LogP) is 4.32. The lowest BCUT2D eigenvalue weighted by Crippen LogP contribution is -2.41. The molecule has 4 rings (SSSR count). The molecule has 1 N–H and O–H groups in total. The molecule has 1 aliphatic heterocycles. The summed E-state index contributed by atoms with van der Waals surface area (Å²) in [6, 6.07) is 1.23. The summed E-state index contributed by atoms with van der Waals surface area (Å²) in [4.78, 5) is 22.2. The second kappa shape index (κ2) is 7.37. The topological polar surface area (TPSA) is 59.8 Å². The highest BCUT2D eigenvalue weighted by Crippen LogP contribution is 2.37. The van der Waals surface area contributed by atoms with Gasteiger partial charge in [0.1, 0.15) is 11.3 Å². The molecule has 1 aliphatic carbocycles. The van der Waals surface area contributed by atoms with Crippen LogP contribution in [0.5, 0.6) is 0 Å². The molecule has 0 spiro atoms. The lowest BCUT2D eigenvalue weighted by molar-refractivity contribution is -0.183. The van der Waals surface area contributed by atoms with E-state index in [0.717, 1.165) is 38.1 Å². The van der Waals surface area contributed by atoms with E-state index in [-0.39, 0.29) is 18.7 Å². The molecule has 2 aromatic heterocycles. The van der Waals surface area contributed by atoms with Crippen molar-refractivity contribution in [1.82, 2.24) is 19.9 Å². The summed E-state index contributed by atoms with van der Waals surface area (Å²) in [6.07, 6.45) is 1.04. The van der Waals surface area contributed by atoms with E-state index in [4.69, 9.17) is 0 Å². The van der Waals surface area contributed by atoms with Gasteiger partial charge in [0.05, 0.1) is 11.5 Å². The average molecular weight is 394 g/mol. The molecular weight excluding hydrogens is 369 g/mol. The van der Waals surface area contributed by atoms with Gasteiger partial charge in [-0.2, -0.15) is 13.2 Å². The number of fused-ring (bicyclic) bond motifs is 3. The molecule has 2 unspecified atom stereocenters. The van der Waals surface area contributed by atoms with Crippen LogP contribution in [0.4, 0.5) is 13.2 Å². The first kappa shape index (κ1) is 19.2. The van der Waals surface area contributed by atoms with Gasteiger partial charge in [-0.25, -0.2) is 9.97 Å². The maximum Gasteiger partial charge on any atom is 0.391 e. The SMILES string of the molecule is Cc1cc(C(=O)NC2CCCC(C(F)(F)F)C2)c2nc3n(c2n1)CCCCC3. The minimum atomic E-state index is -4.20. The maximum absolute atomic E-state index is 13.1. The molecule has 2 aliphatic rings. The van der Waals surface area contributed by atoms with E-state index in [0.29, 0.717) is 35.3 Å². The Hall–Kier alpha value is -2.12. The van der Waals surface area contributed by atoms with Gasteiger partial charge in [-0.3, -0.25) is 4.79 Å².